The van der Waals surface area contributed by atoms with Crippen LogP contribution in [0.3, 0.4) is 0 Å². The van der Waals surface area contributed by atoms with Gasteiger partial charge in [-0.1, -0.05) is 17.5 Å². The number of amides is 1. The van der Waals surface area contributed by atoms with Gasteiger partial charge in [0, 0.05) is 26.1 Å². The summed E-state index contributed by atoms with van der Waals surface area (Å²) < 4.78 is 0. The highest BCUT2D eigenvalue weighted by atomic mass is 35.5. The Morgan fingerprint density at radius 3 is 3.00 bits per heavy atom. The van der Waals surface area contributed by atoms with Gasteiger partial charge in [-0.3, -0.25) is 4.79 Å². The largest absolute Gasteiger partial charge is 0.355 e. The quantitative estimate of drug-likeness (QED) is 0.610. The van der Waals surface area contributed by atoms with Gasteiger partial charge in [0.05, 0.1) is 5.02 Å². The molecular weight excluding hydrogens is 212 g/mol. The molecule has 1 rings (SSSR count). The lowest BCUT2D eigenvalue weighted by Gasteiger charge is -1.94. The summed E-state index contributed by atoms with van der Waals surface area (Å²) in [7, 11) is 0. The second kappa shape index (κ2) is 6.05. The van der Waals surface area contributed by atoms with Crippen LogP contribution in [0.5, 0.6) is 0 Å². The zero-order valence-corrected chi connectivity index (χ0v) is 9.14. The molecule has 0 fully saturated rings. The van der Waals surface area contributed by atoms with E-state index in [1.165, 1.54) is 6.92 Å². The van der Waals surface area contributed by atoms with Crippen LogP contribution in [-0.4, -0.2) is 17.4 Å². The topological polar surface area (TPSA) is 42.0 Å². The Morgan fingerprint density at radius 1 is 1.60 bits per heavy atom. The van der Waals surface area contributed by atoms with Crippen molar-refractivity contribution in [2.75, 3.05) is 6.54 Å². The molecule has 0 radical (unpaired) electrons. The molecule has 1 aromatic rings. The molecule has 0 saturated carbocycles. The van der Waals surface area contributed by atoms with E-state index in [4.69, 9.17) is 11.6 Å². The predicted octanol–water partition coefficient (Wildman–Crippen LogP) is 1.61. The van der Waals surface area contributed by atoms with E-state index < -0.39 is 0 Å². The first-order chi connectivity index (χ1) is 7.18. The second-order valence-corrected chi connectivity index (χ2v) is 3.33. The average molecular weight is 223 g/mol. The van der Waals surface area contributed by atoms with Gasteiger partial charge in [-0.2, -0.15) is 0 Å². The van der Waals surface area contributed by atoms with Crippen molar-refractivity contribution in [1.29, 1.82) is 0 Å². The lowest BCUT2D eigenvalue weighted by Crippen LogP contribution is -2.20. The molecule has 0 aliphatic carbocycles. The summed E-state index contributed by atoms with van der Waals surface area (Å²) in [4.78, 5) is 14.5. The SMILES string of the molecule is CC(=O)NCCC#Cc1ccc(Cl)cn1. The highest BCUT2D eigenvalue weighted by Crippen LogP contribution is 2.04. The van der Waals surface area contributed by atoms with Crippen molar-refractivity contribution in [2.45, 2.75) is 13.3 Å². The van der Waals surface area contributed by atoms with Crippen LogP contribution >= 0.6 is 11.6 Å². The highest BCUT2D eigenvalue weighted by Gasteiger charge is 1.89. The summed E-state index contributed by atoms with van der Waals surface area (Å²) in [5.41, 5.74) is 0.683. The maximum absolute atomic E-state index is 10.5. The zero-order chi connectivity index (χ0) is 11.1. The number of rotatable bonds is 2. The van der Waals surface area contributed by atoms with Crippen molar-refractivity contribution in [3.8, 4) is 11.8 Å². The lowest BCUT2D eigenvalue weighted by atomic mass is 10.3. The Kier molecular flexibility index (Phi) is 4.65. The first kappa shape index (κ1) is 11.5. The van der Waals surface area contributed by atoms with Gasteiger partial charge in [0.2, 0.25) is 5.91 Å². The molecule has 0 aromatic carbocycles. The van der Waals surface area contributed by atoms with E-state index in [0.29, 0.717) is 23.7 Å². The van der Waals surface area contributed by atoms with Crippen LogP contribution in [0.4, 0.5) is 0 Å². The normalized spacial score (nSPS) is 8.93. The number of hydrogen-bond donors (Lipinski definition) is 1. The molecule has 0 atom stereocenters. The van der Waals surface area contributed by atoms with Gasteiger partial charge in [-0.25, -0.2) is 4.98 Å². The molecular formula is C11H11ClN2O. The summed E-state index contributed by atoms with van der Waals surface area (Å²) in [6.45, 7) is 2.05. The van der Waals surface area contributed by atoms with Crippen molar-refractivity contribution in [3.05, 3.63) is 29.0 Å². The molecule has 0 saturated heterocycles. The van der Waals surface area contributed by atoms with Crippen LogP contribution in [0, 0.1) is 11.8 Å². The van der Waals surface area contributed by atoms with Gasteiger partial charge in [0.15, 0.2) is 0 Å². The van der Waals surface area contributed by atoms with Gasteiger partial charge in [0.1, 0.15) is 5.69 Å². The Bertz CT molecular complexity index is 389. The highest BCUT2D eigenvalue weighted by molar-refractivity contribution is 6.30. The third kappa shape index (κ3) is 5.04. The number of halogens is 1. The van der Waals surface area contributed by atoms with Gasteiger partial charge >= 0.3 is 0 Å². The van der Waals surface area contributed by atoms with E-state index in [1.807, 2.05) is 0 Å². The minimum atomic E-state index is -0.0404. The average Bonchev–Trinajstić information content (AvgIpc) is 2.20. The fraction of sp³-hybridized carbons (Fsp3) is 0.273. The molecule has 0 aliphatic rings. The fourth-order valence-electron chi connectivity index (χ4n) is 0.904. The number of nitrogens with zero attached hydrogens (tertiary/aromatic N) is 1. The predicted molar refractivity (Wildman–Crippen MR) is 59.4 cm³/mol. The van der Waals surface area contributed by atoms with E-state index in [9.17, 15) is 4.79 Å². The van der Waals surface area contributed by atoms with Crippen molar-refractivity contribution in [2.24, 2.45) is 0 Å². The van der Waals surface area contributed by atoms with Crippen molar-refractivity contribution in [1.82, 2.24) is 10.3 Å². The third-order valence-electron chi connectivity index (χ3n) is 1.57. The zero-order valence-electron chi connectivity index (χ0n) is 8.38. The van der Waals surface area contributed by atoms with Gasteiger partial charge in [-0.05, 0) is 18.1 Å². The molecule has 1 amide bonds. The van der Waals surface area contributed by atoms with Crippen LogP contribution in [0.1, 0.15) is 19.0 Å². The number of carbonyl (C=O) groups is 1. The smallest absolute Gasteiger partial charge is 0.216 e. The molecule has 1 N–H and O–H groups in total. The number of aromatic nitrogens is 1. The number of pyridine rings is 1. The monoisotopic (exact) mass is 222 g/mol. The molecule has 1 heterocycles. The first-order valence-corrected chi connectivity index (χ1v) is 4.91. The van der Waals surface area contributed by atoms with Gasteiger partial charge in [-0.15, -0.1) is 0 Å². The fourth-order valence-corrected chi connectivity index (χ4v) is 1.02. The van der Waals surface area contributed by atoms with Crippen LogP contribution < -0.4 is 5.32 Å². The molecule has 15 heavy (non-hydrogen) atoms. The third-order valence-corrected chi connectivity index (χ3v) is 1.79. The number of carbonyl (C=O) groups excluding carboxylic acids is 1. The maximum atomic E-state index is 10.5. The molecule has 0 unspecified atom stereocenters. The standard InChI is InChI=1S/C11H11ClN2O/c1-9(15)13-7-3-2-4-11-6-5-10(12)8-14-11/h5-6,8H,3,7H2,1H3,(H,13,15). The molecule has 1 aromatic heterocycles. The van der Waals surface area contributed by atoms with Crippen LogP contribution in [0.15, 0.2) is 18.3 Å². The summed E-state index contributed by atoms with van der Waals surface area (Å²) in [6, 6.07) is 3.50. The van der Waals surface area contributed by atoms with Gasteiger partial charge in [0.25, 0.3) is 0 Å². The van der Waals surface area contributed by atoms with Crippen LogP contribution in [-0.2, 0) is 4.79 Å². The Morgan fingerprint density at radius 2 is 2.40 bits per heavy atom. The molecule has 0 bridgehead atoms. The van der Waals surface area contributed by atoms with E-state index in [1.54, 1.807) is 18.3 Å². The molecule has 78 valence electrons. The van der Waals surface area contributed by atoms with Crippen molar-refractivity contribution >= 4 is 17.5 Å². The van der Waals surface area contributed by atoms with E-state index >= 15 is 0 Å². The summed E-state index contributed by atoms with van der Waals surface area (Å²) in [5.74, 6) is 5.74. The van der Waals surface area contributed by atoms with E-state index in [2.05, 4.69) is 22.1 Å². The minimum Gasteiger partial charge on any atom is -0.355 e. The maximum Gasteiger partial charge on any atom is 0.216 e. The number of hydrogen-bond acceptors (Lipinski definition) is 2. The molecule has 0 spiro atoms. The van der Waals surface area contributed by atoms with E-state index in [0.717, 1.165) is 0 Å². The van der Waals surface area contributed by atoms with Crippen LogP contribution in [0.2, 0.25) is 5.02 Å². The lowest BCUT2D eigenvalue weighted by molar-refractivity contribution is -0.118. The molecule has 4 heteroatoms. The molecule has 0 aliphatic heterocycles. The Hall–Kier alpha value is -1.53. The minimum absolute atomic E-state index is 0.0404. The van der Waals surface area contributed by atoms with Crippen molar-refractivity contribution in [3.63, 3.8) is 0 Å². The number of nitrogens with one attached hydrogen (secondary N) is 1. The second-order valence-electron chi connectivity index (χ2n) is 2.90. The van der Waals surface area contributed by atoms with Gasteiger partial charge < -0.3 is 5.32 Å². The van der Waals surface area contributed by atoms with E-state index in [-0.39, 0.29) is 5.91 Å². The van der Waals surface area contributed by atoms with Crippen LogP contribution in [0.25, 0.3) is 0 Å². The molecule has 3 nitrogen and oxygen atoms in total. The first-order valence-electron chi connectivity index (χ1n) is 4.53. The summed E-state index contributed by atoms with van der Waals surface area (Å²) in [5, 5.41) is 3.25. The summed E-state index contributed by atoms with van der Waals surface area (Å²) >= 11 is 5.67. The Labute approximate surface area is 93.9 Å². The summed E-state index contributed by atoms with van der Waals surface area (Å²) in [6.07, 6.45) is 2.17. The van der Waals surface area contributed by atoms with Crippen molar-refractivity contribution < 1.29 is 4.79 Å². The Balaban J connectivity index is 2.38.